The predicted octanol–water partition coefficient (Wildman–Crippen LogP) is 4.62. The highest BCUT2D eigenvalue weighted by atomic mass is 35.5. The van der Waals surface area contributed by atoms with Crippen LogP contribution in [0.5, 0.6) is 5.75 Å². The van der Waals surface area contributed by atoms with Crippen LogP contribution in [-0.2, 0) is 11.4 Å². The summed E-state index contributed by atoms with van der Waals surface area (Å²) in [5.74, 6) is -0.803. The molecule has 0 radical (unpaired) electrons. The number of hydrogen-bond acceptors (Lipinski definition) is 3. The number of carboxylic acid groups (broad SMARTS) is 1. The molecule has 0 atom stereocenters. The monoisotopic (exact) mass is 379 g/mol. The predicted molar refractivity (Wildman–Crippen MR) is 95.5 cm³/mol. The van der Waals surface area contributed by atoms with Gasteiger partial charge in [0.2, 0.25) is 5.91 Å². The van der Waals surface area contributed by atoms with Crippen LogP contribution in [0.25, 0.3) is 0 Å². The first-order chi connectivity index (χ1) is 11.9. The van der Waals surface area contributed by atoms with Crippen molar-refractivity contribution < 1.29 is 19.4 Å². The Hall–Kier alpha value is -2.24. The summed E-state index contributed by atoms with van der Waals surface area (Å²) in [6.45, 7) is 0.137. The highest BCUT2D eigenvalue weighted by molar-refractivity contribution is 6.35. The number of ether oxygens (including phenoxy) is 1. The van der Waals surface area contributed by atoms with Crippen molar-refractivity contribution >= 4 is 40.8 Å². The summed E-state index contributed by atoms with van der Waals surface area (Å²) in [5.41, 5.74) is 0.961. The van der Waals surface area contributed by atoms with Crippen LogP contribution in [0.1, 0.15) is 28.8 Å². The van der Waals surface area contributed by atoms with Gasteiger partial charge >= 0.3 is 5.97 Å². The molecular formula is C18H15Cl2NO4. The number of amides is 1. The topological polar surface area (TPSA) is 75.6 Å². The Labute approximate surface area is 154 Å². The van der Waals surface area contributed by atoms with Gasteiger partial charge in [-0.25, -0.2) is 4.79 Å². The highest BCUT2D eigenvalue weighted by Crippen LogP contribution is 2.31. The van der Waals surface area contributed by atoms with Gasteiger partial charge in [0.05, 0.1) is 16.3 Å². The summed E-state index contributed by atoms with van der Waals surface area (Å²) >= 11 is 11.9. The standard InChI is InChI=1S/C18H15Cl2NO4/c19-12-4-6-16(14(20)8-12)25-9-10-1-5-15(13(7-10)18(23)24)21-17(22)11-2-3-11/h1,4-8,11H,2-3,9H2,(H,21,22)(H,23,24). The van der Waals surface area contributed by atoms with Crippen LogP contribution in [0.4, 0.5) is 5.69 Å². The first-order valence-corrected chi connectivity index (χ1v) is 8.44. The van der Waals surface area contributed by atoms with Gasteiger partial charge in [-0.2, -0.15) is 0 Å². The molecule has 1 amide bonds. The molecule has 0 heterocycles. The molecular weight excluding hydrogens is 365 g/mol. The summed E-state index contributed by atoms with van der Waals surface area (Å²) in [7, 11) is 0. The smallest absolute Gasteiger partial charge is 0.337 e. The first kappa shape index (κ1) is 17.6. The molecule has 0 bridgehead atoms. The second kappa shape index (κ2) is 7.33. The maximum atomic E-state index is 11.9. The largest absolute Gasteiger partial charge is 0.487 e. The normalized spacial score (nSPS) is 13.4. The van der Waals surface area contributed by atoms with Crippen LogP contribution in [-0.4, -0.2) is 17.0 Å². The number of benzene rings is 2. The number of hydrogen-bond donors (Lipinski definition) is 2. The van der Waals surface area contributed by atoms with Gasteiger partial charge in [-0.05, 0) is 48.7 Å². The van der Waals surface area contributed by atoms with Crippen molar-refractivity contribution in [1.82, 2.24) is 0 Å². The third-order valence-corrected chi connectivity index (χ3v) is 4.34. The molecule has 0 aliphatic heterocycles. The number of nitrogens with one attached hydrogen (secondary N) is 1. The van der Waals surface area contributed by atoms with E-state index in [0.717, 1.165) is 12.8 Å². The molecule has 25 heavy (non-hydrogen) atoms. The number of aromatic carboxylic acids is 1. The Bertz CT molecular complexity index is 834. The number of carbonyl (C=O) groups is 2. The zero-order valence-electron chi connectivity index (χ0n) is 13.1. The third-order valence-electron chi connectivity index (χ3n) is 3.81. The molecule has 7 heteroatoms. The lowest BCUT2D eigenvalue weighted by Gasteiger charge is -2.12. The Morgan fingerprint density at radius 3 is 2.56 bits per heavy atom. The minimum absolute atomic E-state index is 0.00305. The lowest BCUT2D eigenvalue weighted by Crippen LogP contribution is -2.16. The van der Waals surface area contributed by atoms with Crippen LogP contribution in [0, 0.1) is 5.92 Å². The van der Waals surface area contributed by atoms with E-state index >= 15 is 0 Å². The molecule has 3 rings (SSSR count). The van der Waals surface area contributed by atoms with E-state index in [-0.39, 0.29) is 29.7 Å². The molecule has 1 saturated carbocycles. The lowest BCUT2D eigenvalue weighted by molar-refractivity contribution is -0.117. The van der Waals surface area contributed by atoms with E-state index in [2.05, 4.69) is 5.32 Å². The van der Waals surface area contributed by atoms with Crippen molar-refractivity contribution in [2.24, 2.45) is 5.92 Å². The molecule has 130 valence electrons. The van der Waals surface area contributed by atoms with Crippen molar-refractivity contribution in [3.8, 4) is 5.75 Å². The van der Waals surface area contributed by atoms with Gasteiger partial charge in [0.25, 0.3) is 0 Å². The van der Waals surface area contributed by atoms with Crippen LogP contribution in [0.2, 0.25) is 10.0 Å². The molecule has 5 nitrogen and oxygen atoms in total. The van der Waals surface area contributed by atoms with Gasteiger partial charge in [0.15, 0.2) is 0 Å². The highest BCUT2D eigenvalue weighted by Gasteiger charge is 2.30. The summed E-state index contributed by atoms with van der Waals surface area (Å²) in [4.78, 5) is 23.3. The number of carbonyl (C=O) groups excluding carboxylic acids is 1. The minimum atomic E-state index is -1.11. The molecule has 0 aromatic heterocycles. The lowest BCUT2D eigenvalue weighted by atomic mass is 10.1. The second-order valence-corrected chi connectivity index (χ2v) is 6.66. The molecule has 2 N–H and O–H groups in total. The number of rotatable bonds is 6. The van der Waals surface area contributed by atoms with Crippen LogP contribution in [0.15, 0.2) is 36.4 Å². The molecule has 2 aromatic carbocycles. The van der Waals surface area contributed by atoms with Crippen molar-refractivity contribution in [2.45, 2.75) is 19.4 Å². The number of anilines is 1. The second-order valence-electron chi connectivity index (χ2n) is 5.81. The van der Waals surface area contributed by atoms with Gasteiger partial charge in [0.1, 0.15) is 12.4 Å². The summed E-state index contributed by atoms with van der Waals surface area (Å²) in [5, 5.41) is 12.9. The van der Waals surface area contributed by atoms with Crippen LogP contribution < -0.4 is 10.1 Å². The van der Waals surface area contributed by atoms with E-state index in [0.29, 0.717) is 21.4 Å². The fraction of sp³-hybridized carbons (Fsp3) is 0.222. The Morgan fingerprint density at radius 2 is 1.92 bits per heavy atom. The maximum absolute atomic E-state index is 11.9. The van der Waals surface area contributed by atoms with E-state index in [1.807, 2.05) is 0 Å². The summed E-state index contributed by atoms with van der Waals surface area (Å²) < 4.78 is 5.61. The minimum Gasteiger partial charge on any atom is -0.487 e. The quantitative estimate of drug-likeness (QED) is 0.767. The third kappa shape index (κ3) is 4.44. The SMILES string of the molecule is O=C(O)c1cc(COc2ccc(Cl)cc2Cl)ccc1NC(=O)C1CC1. The van der Waals surface area contributed by atoms with E-state index in [1.54, 1.807) is 30.3 Å². The average Bonchev–Trinajstić information content (AvgIpc) is 3.40. The molecule has 0 saturated heterocycles. The zero-order valence-corrected chi connectivity index (χ0v) is 14.6. The fourth-order valence-corrected chi connectivity index (χ4v) is 2.76. The van der Waals surface area contributed by atoms with Gasteiger partial charge < -0.3 is 15.2 Å². The average molecular weight is 380 g/mol. The molecule has 2 aromatic rings. The fourth-order valence-electron chi connectivity index (χ4n) is 2.30. The number of halogens is 2. The van der Waals surface area contributed by atoms with E-state index in [9.17, 15) is 14.7 Å². The molecule has 0 unspecified atom stereocenters. The van der Waals surface area contributed by atoms with Crippen molar-refractivity contribution in [3.05, 3.63) is 57.6 Å². The zero-order chi connectivity index (χ0) is 18.0. The molecule has 1 fully saturated rings. The number of carboxylic acids is 1. The van der Waals surface area contributed by atoms with Crippen molar-refractivity contribution in [3.63, 3.8) is 0 Å². The maximum Gasteiger partial charge on any atom is 0.337 e. The van der Waals surface area contributed by atoms with E-state index in [4.69, 9.17) is 27.9 Å². The summed E-state index contributed by atoms with van der Waals surface area (Å²) in [6, 6.07) is 9.63. The van der Waals surface area contributed by atoms with E-state index < -0.39 is 5.97 Å². The van der Waals surface area contributed by atoms with Gasteiger partial charge in [-0.1, -0.05) is 29.3 Å². The van der Waals surface area contributed by atoms with Crippen LogP contribution >= 0.6 is 23.2 Å². The molecule has 1 aliphatic rings. The Kier molecular flexibility index (Phi) is 5.16. The van der Waals surface area contributed by atoms with Gasteiger partial charge in [0, 0.05) is 10.9 Å². The molecule has 0 spiro atoms. The van der Waals surface area contributed by atoms with Crippen molar-refractivity contribution in [2.75, 3.05) is 5.32 Å². The summed E-state index contributed by atoms with van der Waals surface area (Å²) in [6.07, 6.45) is 1.70. The van der Waals surface area contributed by atoms with E-state index in [1.165, 1.54) is 6.07 Å². The van der Waals surface area contributed by atoms with Crippen LogP contribution in [0.3, 0.4) is 0 Å². The Balaban J connectivity index is 1.74. The van der Waals surface area contributed by atoms with Gasteiger partial charge in [-0.3, -0.25) is 4.79 Å². The first-order valence-electron chi connectivity index (χ1n) is 7.69. The van der Waals surface area contributed by atoms with Crippen molar-refractivity contribution in [1.29, 1.82) is 0 Å². The Morgan fingerprint density at radius 1 is 1.16 bits per heavy atom. The van der Waals surface area contributed by atoms with Gasteiger partial charge in [-0.15, -0.1) is 0 Å². The molecule has 1 aliphatic carbocycles.